The van der Waals surface area contributed by atoms with Crippen LogP contribution in [0.15, 0.2) is 0 Å². The summed E-state index contributed by atoms with van der Waals surface area (Å²) in [7, 11) is 0. The van der Waals surface area contributed by atoms with Crippen molar-refractivity contribution in [2.45, 2.75) is 304 Å². The Morgan fingerprint density at radius 2 is 0.475 bits per heavy atom. The second-order valence-electron chi connectivity index (χ2n) is 20.3. The van der Waals surface area contributed by atoms with E-state index in [4.69, 9.17) is 14.2 Å². The maximum absolute atomic E-state index is 12.8. The van der Waals surface area contributed by atoms with E-state index in [9.17, 15) is 14.4 Å². The Bertz CT molecular complexity index is 945. The van der Waals surface area contributed by atoms with E-state index in [0.717, 1.165) is 75.5 Å². The smallest absolute Gasteiger partial charge is 0.306 e. The van der Waals surface area contributed by atoms with Crippen molar-refractivity contribution in [1.82, 2.24) is 0 Å². The third-order valence-corrected chi connectivity index (χ3v) is 12.4. The van der Waals surface area contributed by atoms with Gasteiger partial charge in [0.2, 0.25) is 0 Å². The van der Waals surface area contributed by atoms with Gasteiger partial charge in [0.15, 0.2) is 6.10 Å². The van der Waals surface area contributed by atoms with Crippen molar-refractivity contribution < 1.29 is 28.6 Å². The highest BCUT2D eigenvalue weighted by molar-refractivity contribution is 5.71. The molecule has 0 bridgehead atoms. The molecule has 0 N–H and O–H groups in total. The van der Waals surface area contributed by atoms with Crippen molar-refractivity contribution in [3.63, 3.8) is 0 Å². The van der Waals surface area contributed by atoms with Gasteiger partial charge in [-0.05, 0) is 37.0 Å². The second-order valence-corrected chi connectivity index (χ2v) is 20.3. The van der Waals surface area contributed by atoms with Gasteiger partial charge in [0, 0.05) is 19.3 Å². The highest BCUT2D eigenvalue weighted by Gasteiger charge is 2.19. The molecule has 0 saturated carbocycles. The molecule has 0 aliphatic heterocycles. The SMILES string of the molecule is CC(C)CCCCCCCCCCCCCCCCC(=O)O[C@@H](COC(=O)CCCCCCCCCCCCCCC(C)C)COC(=O)CCCCCCCCCCC(C)C. The topological polar surface area (TPSA) is 78.9 Å². The molecule has 1 atom stereocenters. The lowest BCUT2D eigenvalue weighted by Crippen LogP contribution is -2.30. The predicted octanol–water partition coefficient (Wildman–Crippen LogP) is 17.6. The van der Waals surface area contributed by atoms with Gasteiger partial charge in [-0.3, -0.25) is 14.4 Å². The first-order chi connectivity index (χ1) is 29.6. The molecular weight excluding hydrogens is 757 g/mol. The average Bonchev–Trinajstić information content (AvgIpc) is 3.22. The summed E-state index contributed by atoms with van der Waals surface area (Å²) < 4.78 is 16.8. The van der Waals surface area contributed by atoms with E-state index in [1.165, 1.54) is 180 Å². The summed E-state index contributed by atoms with van der Waals surface area (Å²) in [6.45, 7) is 13.7. The maximum Gasteiger partial charge on any atom is 0.306 e. The number of esters is 3. The number of ether oxygens (including phenoxy) is 3. The van der Waals surface area contributed by atoms with E-state index >= 15 is 0 Å². The Balaban J connectivity index is 4.30. The summed E-state index contributed by atoms with van der Waals surface area (Å²) in [6, 6.07) is 0. The number of hydrogen-bond acceptors (Lipinski definition) is 6. The van der Waals surface area contributed by atoms with Crippen LogP contribution in [0.3, 0.4) is 0 Å². The van der Waals surface area contributed by atoms with Crippen LogP contribution in [0.5, 0.6) is 0 Å². The average molecular weight is 863 g/mol. The molecular formula is C55H106O6. The highest BCUT2D eigenvalue weighted by atomic mass is 16.6. The molecule has 0 saturated heterocycles. The molecule has 61 heavy (non-hydrogen) atoms. The summed E-state index contributed by atoms with van der Waals surface area (Å²) in [5.41, 5.74) is 0. The molecule has 0 aromatic carbocycles. The fraction of sp³-hybridized carbons (Fsp3) is 0.945. The zero-order valence-corrected chi connectivity index (χ0v) is 42.0. The lowest BCUT2D eigenvalue weighted by Gasteiger charge is -2.18. The van der Waals surface area contributed by atoms with Crippen LogP contribution in [0.25, 0.3) is 0 Å². The van der Waals surface area contributed by atoms with Crippen LogP contribution in [0.2, 0.25) is 0 Å². The van der Waals surface area contributed by atoms with Gasteiger partial charge < -0.3 is 14.2 Å². The van der Waals surface area contributed by atoms with Crippen molar-refractivity contribution >= 4 is 17.9 Å². The second kappa shape index (κ2) is 46.4. The lowest BCUT2D eigenvalue weighted by atomic mass is 10.0. The van der Waals surface area contributed by atoms with Crippen molar-refractivity contribution in [2.75, 3.05) is 13.2 Å². The standard InChI is InChI=1S/C55H106O6/c1-49(2)41-35-29-23-17-13-9-7-8-10-16-20-28-34-40-46-55(58)61-52(48-60-54(57)45-39-33-27-22-21-25-31-37-43-51(5)6)47-59-53(56)44-38-32-26-19-15-12-11-14-18-24-30-36-42-50(3)4/h49-52H,7-48H2,1-6H3/t52-/m0/s1. The largest absolute Gasteiger partial charge is 0.462 e. The fourth-order valence-electron chi connectivity index (χ4n) is 8.29. The summed E-state index contributed by atoms with van der Waals surface area (Å²) in [4.78, 5) is 38.0. The summed E-state index contributed by atoms with van der Waals surface area (Å²) >= 11 is 0. The van der Waals surface area contributed by atoms with Crippen LogP contribution in [0, 0.1) is 17.8 Å². The van der Waals surface area contributed by atoms with E-state index < -0.39 is 6.10 Å². The van der Waals surface area contributed by atoms with Crippen LogP contribution in [0.1, 0.15) is 298 Å². The zero-order chi connectivity index (χ0) is 44.9. The predicted molar refractivity (Wildman–Crippen MR) is 261 cm³/mol. The highest BCUT2D eigenvalue weighted by Crippen LogP contribution is 2.18. The van der Waals surface area contributed by atoms with Crippen LogP contribution in [-0.4, -0.2) is 37.2 Å². The molecule has 6 nitrogen and oxygen atoms in total. The monoisotopic (exact) mass is 863 g/mol. The maximum atomic E-state index is 12.8. The van der Waals surface area contributed by atoms with E-state index in [0.29, 0.717) is 19.3 Å². The van der Waals surface area contributed by atoms with Gasteiger partial charge in [-0.15, -0.1) is 0 Å². The summed E-state index contributed by atoms with van der Waals surface area (Å²) in [6.07, 6.45) is 46.7. The van der Waals surface area contributed by atoms with Gasteiger partial charge in [0.25, 0.3) is 0 Å². The normalized spacial score (nSPS) is 12.1. The van der Waals surface area contributed by atoms with Gasteiger partial charge in [0.05, 0.1) is 0 Å². The number of unbranched alkanes of at least 4 members (excludes halogenated alkanes) is 31. The minimum Gasteiger partial charge on any atom is -0.462 e. The Labute approximate surface area is 380 Å². The van der Waals surface area contributed by atoms with Crippen molar-refractivity contribution in [2.24, 2.45) is 17.8 Å². The fourth-order valence-corrected chi connectivity index (χ4v) is 8.29. The Morgan fingerprint density at radius 3 is 0.705 bits per heavy atom. The minimum atomic E-state index is -0.763. The van der Waals surface area contributed by atoms with Gasteiger partial charge in [-0.1, -0.05) is 260 Å². The number of carbonyl (C=O) groups is 3. The molecule has 0 amide bonds. The molecule has 0 heterocycles. The van der Waals surface area contributed by atoms with Crippen LogP contribution in [0.4, 0.5) is 0 Å². The summed E-state index contributed by atoms with van der Waals surface area (Å²) in [5.74, 6) is 1.62. The molecule has 0 radical (unpaired) electrons. The minimum absolute atomic E-state index is 0.0644. The quantitative estimate of drug-likeness (QED) is 0.0344. The van der Waals surface area contributed by atoms with Gasteiger partial charge in [-0.2, -0.15) is 0 Å². The first-order valence-corrected chi connectivity index (χ1v) is 27.1. The number of hydrogen-bond donors (Lipinski definition) is 0. The Kier molecular flexibility index (Phi) is 45.2. The first-order valence-electron chi connectivity index (χ1n) is 27.1. The molecule has 0 aromatic rings. The third kappa shape index (κ3) is 49.3. The van der Waals surface area contributed by atoms with E-state index in [1.54, 1.807) is 0 Å². The molecule has 362 valence electrons. The van der Waals surface area contributed by atoms with Gasteiger partial charge >= 0.3 is 17.9 Å². The van der Waals surface area contributed by atoms with E-state index in [-0.39, 0.29) is 31.1 Å². The molecule has 0 aromatic heterocycles. The molecule has 6 heteroatoms. The number of carbonyl (C=O) groups excluding carboxylic acids is 3. The molecule has 0 rings (SSSR count). The lowest BCUT2D eigenvalue weighted by molar-refractivity contribution is -0.167. The Hall–Kier alpha value is -1.59. The van der Waals surface area contributed by atoms with Crippen LogP contribution in [-0.2, 0) is 28.6 Å². The molecule has 0 spiro atoms. The van der Waals surface area contributed by atoms with Crippen LogP contribution < -0.4 is 0 Å². The molecule has 0 aliphatic rings. The van der Waals surface area contributed by atoms with E-state index in [2.05, 4.69) is 41.5 Å². The van der Waals surface area contributed by atoms with Gasteiger partial charge in [-0.25, -0.2) is 0 Å². The molecule has 0 unspecified atom stereocenters. The van der Waals surface area contributed by atoms with Gasteiger partial charge in [0.1, 0.15) is 13.2 Å². The third-order valence-electron chi connectivity index (χ3n) is 12.4. The number of rotatable bonds is 48. The first kappa shape index (κ1) is 59.4. The van der Waals surface area contributed by atoms with Crippen molar-refractivity contribution in [3.05, 3.63) is 0 Å². The van der Waals surface area contributed by atoms with Crippen LogP contribution >= 0.6 is 0 Å². The summed E-state index contributed by atoms with van der Waals surface area (Å²) in [5, 5.41) is 0. The Morgan fingerprint density at radius 1 is 0.279 bits per heavy atom. The van der Waals surface area contributed by atoms with Crippen molar-refractivity contribution in [1.29, 1.82) is 0 Å². The van der Waals surface area contributed by atoms with Crippen molar-refractivity contribution in [3.8, 4) is 0 Å². The zero-order valence-electron chi connectivity index (χ0n) is 42.0. The molecule has 0 aliphatic carbocycles. The molecule has 0 fully saturated rings. The van der Waals surface area contributed by atoms with E-state index in [1.807, 2.05) is 0 Å².